The Kier molecular flexibility index (Phi) is 3.41. The molecule has 0 bridgehead atoms. The van der Waals surface area contributed by atoms with Crippen LogP contribution in [0.3, 0.4) is 0 Å². The molecular weight excluding hydrogens is 310 g/mol. The van der Waals surface area contributed by atoms with Crippen LogP contribution in [-0.2, 0) is 0 Å². The second kappa shape index (κ2) is 5.77. The first-order valence-electron chi connectivity index (χ1n) is 8.99. The van der Waals surface area contributed by atoms with Crippen LogP contribution in [0.2, 0.25) is 0 Å². The van der Waals surface area contributed by atoms with Gasteiger partial charge >= 0.3 is 0 Å². The van der Waals surface area contributed by atoms with E-state index in [9.17, 15) is 0 Å². The van der Waals surface area contributed by atoms with Gasteiger partial charge in [-0.15, -0.1) is 10.2 Å². The number of hydrogen-bond donors (Lipinski definition) is 2. The van der Waals surface area contributed by atoms with Gasteiger partial charge in [-0.3, -0.25) is 0 Å². The van der Waals surface area contributed by atoms with Crippen molar-refractivity contribution >= 4 is 0 Å². The van der Waals surface area contributed by atoms with E-state index < -0.39 is 0 Å². The summed E-state index contributed by atoms with van der Waals surface area (Å²) in [4.78, 5) is 0. The van der Waals surface area contributed by atoms with Gasteiger partial charge in [0.05, 0.1) is 0 Å². The van der Waals surface area contributed by atoms with Gasteiger partial charge in [0.25, 0.3) is 0 Å². The van der Waals surface area contributed by atoms with Crippen molar-refractivity contribution in [2.75, 3.05) is 13.1 Å². The summed E-state index contributed by atoms with van der Waals surface area (Å²) in [7, 11) is 0. The smallest absolute Gasteiger partial charge is 0.204 e. The Morgan fingerprint density at radius 2 is 1.48 bits per heavy atom. The number of H-pyrrole nitrogens is 1. The largest absolute Gasteiger partial charge is 0.317 e. The molecule has 1 aliphatic carbocycles. The molecule has 1 atom stereocenters. The third-order valence-corrected chi connectivity index (χ3v) is 5.92. The second-order valence-corrected chi connectivity index (χ2v) is 7.30. The standard InChI is InChI=1S/C20H21N5/c1-5-16(18-13-20(18)9-11-21-12-10-20)6-2-14(1)15-3-7-17(8-4-15)19-22-24-25-23-19/h1-8,18,21H,9-13H2,(H,22,23,24,25)/t18-/m1/s1. The van der Waals surface area contributed by atoms with E-state index >= 15 is 0 Å². The van der Waals surface area contributed by atoms with Gasteiger partial charge in [0.2, 0.25) is 5.82 Å². The molecule has 0 unspecified atom stereocenters. The quantitative estimate of drug-likeness (QED) is 0.772. The van der Waals surface area contributed by atoms with Crippen molar-refractivity contribution in [2.45, 2.75) is 25.2 Å². The van der Waals surface area contributed by atoms with E-state index in [1.54, 1.807) is 0 Å². The summed E-state index contributed by atoms with van der Waals surface area (Å²) in [5.74, 6) is 1.40. The first-order chi connectivity index (χ1) is 12.3. The Morgan fingerprint density at radius 1 is 0.840 bits per heavy atom. The number of hydrogen-bond acceptors (Lipinski definition) is 4. The van der Waals surface area contributed by atoms with Gasteiger partial charge in [-0.2, -0.15) is 5.21 Å². The summed E-state index contributed by atoms with van der Waals surface area (Å²) >= 11 is 0. The van der Waals surface area contributed by atoms with Crippen LogP contribution < -0.4 is 5.32 Å². The van der Waals surface area contributed by atoms with Crippen molar-refractivity contribution < 1.29 is 0 Å². The molecule has 1 saturated carbocycles. The van der Waals surface area contributed by atoms with Crippen LogP contribution in [0.4, 0.5) is 0 Å². The molecule has 3 aromatic rings. The van der Waals surface area contributed by atoms with Crippen molar-refractivity contribution in [1.29, 1.82) is 0 Å². The highest BCUT2D eigenvalue weighted by molar-refractivity contribution is 5.67. The summed E-state index contributed by atoms with van der Waals surface area (Å²) in [6, 6.07) is 17.5. The second-order valence-electron chi connectivity index (χ2n) is 7.30. The highest BCUT2D eigenvalue weighted by atomic mass is 15.5. The van der Waals surface area contributed by atoms with Crippen LogP contribution in [0, 0.1) is 5.41 Å². The van der Waals surface area contributed by atoms with Crippen LogP contribution in [0.15, 0.2) is 48.5 Å². The highest BCUT2D eigenvalue weighted by Gasteiger charge is 2.54. The third-order valence-electron chi connectivity index (χ3n) is 5.92. The SMILES string of the molecule is c1cc(-c2nn[nH]n2)ccc1-c1ccc([C@H]2CC23CCNCC3)cc1. The van der Waals surface area contributed by atoms with Gasteiger partial charge in [-0.1, -0.05) is 48.5 Å². The topological polar surface area (TPSA) is 66.5 Å². The number of rotatable bonds is 3. The molecule has 2 aliphatic rings. The molecule has 126 valence electrons. The van der Waals surface area contributed by atoms with Crippen LogP contribution in [0.25, 0.3) is 22.5 Å². The lowest BCUT2D eigenvalue weighted by Crippen LogP contribution is -2.29. The van der Waals surface area contributed by atoms with Crippen LogP contribution in [0.1, 0.15) is 30.7 Å². The Morgan fingerprint density at radius 3 is 2.12 bits per heavy atom. The summed E-state index contributed by atoms with van der Waals surface area (Å²) in [5, 5.41) is 17.6. The van der Waals surface area contributed by atoms with E-state index in [1.165, 1.54) is 49.0 Å². The highest BCUT2D eigenvalue weighted by Crippen LogP contribution is 2.64. The van der Waals surface area contributed by atoms with E-state index in [-0.39, 0.29) is 0 Å². The van der Waals surface area contributed by atoms with Crippen molar-refractivity contribution in [3.8, 4) is 22.5 Å². The summed E-state index contributed by atoms with van der Waals surface area (Å²) < 4.78 is 0. The molecule has 1 spiro atoms. The zero-order valence-corrected chi connectivity index (χ0v) is 14.1. The van der Waals surface area contributed by atoms with E-state index in [0.29, 0.717) is 11.2 Å². The van der Waals surface area contributed by atoms with Gasteiger partial charge in [0.15, 0.2) is 0 Å². The Hall–Kier alpha value is -2.53. The average Bonchev–Trinajstić information content (AvgIpc) is 3.10. The third kappa shape index (κ3) is 2.65. The predicted octanol–water partition coefficient (Wildman–Crippen LogP) is 3.39. The molecule has 2 fully saturated rings. The maximum Gasteiger partial charge on any atom is 0.204 e. The van der Waals surface area contributed by atoms with Gasteiger partial charge in [-0.05, 0) is 65.6 Å². The molecule has 0 radical (unpaired) electrons. The van der Waals surface area contributed by atoms with Crippen molar-refractivity contribution in [1.82, 2.24) is 25.9 Å². The summed E-state index contributed by atoms with van der Waals surface area (Å²) in [5.41, 5.74) is 5.54. The Balaban J connectivity index is 1.34. The first-order valence-corrected chi connectivity index (χ1v) is 8.99. The van der Waals surface area contributed by atoms with Gasteiger partial charge in [-0.25, -0.2) is 0 Å². The monoisotopic (exact) mass is 331 g/mol. The number of aromatic nitrogens is 4. The maximum atomic E-state index is 4.02. The van der Waals surface area contributed by atoms with Gasteiger partial charge < -0.3 is 5.32 Å². The fourth-order valence-corrected chi connectivity index (χ4v) is 4.30. The van der Waals surface area contributed by atoms with Gasteiger partial charge in [0, 0.05) is 5.56 Å². The lowest BCUT2D eigenvalue weighted by molar-refractivity contribution is 0.342. The molecule has 0 amide bonds. The molecule has 1 aliphatic heterocycles. The number of aromatic amines is 1. The Bertz CT molecular complexity index is 846. The van der Waals surface area contributed by atoms with E-state index in [0.717, 1.165) is 11.5 Å². The molecule has 25 heavy (non-hydrogen) atoms. The fraction of sp³-hybridized carbons (Fsp3) is 0.350. The lowest BCUT2D eigenvalue weighted by atomic mass is 9.89. The average molecular weight is 331 g/mol. The van der Waals surface area contributed by atoms with Crippen molar-refractivity contribution in [3.05, 3.63) is 54.1 Å². The normalized spacial score (nSPS) is 21.4. The number of nitrogens with zero attached hydrogens (tertiary/aromatic N) is 3. The minimum atomic E-state index is 0.596. The summed E-state index contributed by atoms with van der Waals surface area (Å²) in [6.07, 6.45) is 4.03. The Labute approximate surface area is 146 Å². The molecule has 1 saturated heterocycles. The van der Waals surface area contributed by atoms with Crippen LogP contribution >= 0.6 is 0 Å². The molecule has 1 aromatic heterocycles. The zero-order chi connectivity index (χ0) is 16.7. The van der Waals surface area contributed by atoms with Crippen molar-refractivity contribution in [3.63, 3.8) is 0 Å². The number of benzene rings is 2. The van der Waals surface area contributed by atoms with Gasteiger partial charge in [0.1, 0.15) is 0 Å². The van der Waals surface area contributed by atoms with Crippen LogP contribution in [0.5, 0.6) is 0 Å². The van der Waals surface area contributed by atoms with E-state index in [2.05, 4.69) is 62.3 Å². The molecule has 5 nitrogen and oxygen atoms in total. The number of tetrazole rings is 1. The van der Waals surface area contributed by atoms with Crippen molar-refractivity contribution in [2.24, 2.45) is 5.41 Å². The van der Waals surface area contributed by atoms with E-state index in [1.807, 2.05) is 12.1 Å². The maximum absolute atomic E-state index is 4.02. The first kappa shape index (κ1) is 14.8. The number of nitrogens with one attached hydrogen (secondary N) is 2. The molecular formula is C20H21N5. The molecule has 2 aromatic carbocycles. The molecule has 2 heterocycles. The predicted molar refractivity (Wildman–Crippen MR) is 96.9 cm³/mol. The lowest BCUT2D eigenvalue weighted by Gasteiger charge is -2.23. The summed E-state index contributed by atoms with van der Waals surface area (Å²) in [6.45, 7) is 2.36. The molecule has 5 heteroatoms. The fourth-order valence-electron chi connectivity index (χ4n) is 4.30. The van der Waals surface area contributed by atoms with Crippen LogP contribution in [-0.4, -0.2) is 33.7 Å². The molecule has 2 N–H and O–H groups in total. The minimum absolute atomic E-state index is 0.596. The molecule has 5 rings (SSSR count). The minimum Gasteiger partial charge on any atom is -0.317 e. The zero-order valence-electron chi connectivity index (χ0n) is 14.1. The number of piperidine rings is 1. The van der Waals surface area contributed by atoms with E-state index in [4.69, 9.17) is 0 Å².